The second-order valence-corrected chi connectivity index (χ2v) is 4.26. The van der Waals surface area contributed by atoms with Gasteiger partial charge in [-0.25, -0.2) is 0 Å². The average Bonchev–Trinajstić information content (AvgIpc) is 2.88. The fourth-order valence-electron chi connectivity index (χ4n) is 2.13. The molecule has 0 radical (unpaired) electrons. The van der Waals surface area contributed by atoms with Crippen molar-refractivity contribution in [2.45, 2.75) is 20.4 Å². The molecule has 0 bridgehead atoms. The highest BCUT2D eigenvalue weighted by molar-refractivity contribution is 5.82. The molecule has 2 heterocycles. The number of rotatable bonds is 2. The van der Waals surface area contributed by atoms with Crippen molar-refractivity contribution < 1.29 is 0 Å². The molecule has 0 fully saturated rings. The Morgan fingerprint density at radius 1 is 1.24 bits per heavy atom. The first-order chi connectivity index (χ1) is 8.24. The summed E-state index contributed by atoms with van der Waals surface area (Å²) >= 11 is 0. The van der Waals surface area contributed by atoms with Crippen molar-refractivity contribution in [3.63, 3.8) is 0 Å². The number of aromatic nitrogens is 5. The SMILES string of the molecule is Cc1ccc2c(c1)cc(C)n2Cc1nn[nH]n1. The van der Waals surface area contributed by atoms with E-state index in [0.717, 1.165) is 0 Å². The molecule has 2 aromatic heterocycles. The summed E-state index contributed by atoms with van der Waals surface area (Å²) in [5, 5.41) is 15.3. The summed E-state index contributed by atoms with van der Waals surface area (Å²) in [7, 11) is 0. The molecule has 1 aromatic carbocycles. The molecular weight excluding hydrogens is 214 g/mol. The van der Waals surface area contributed by atoms with Crippen LogP contribution in [0.5, 0.6) is 0 Å². The summed E-state index contributed by atoms with van der Waals surface area (Å²) in [5.41, 5.74) is 3.68. The standard InChI is InChI=1S/C12H13N5/c1-8-3-4-11-10(5-8)6-9(2)17(11)7-12-13-15-16-14-12/h3-6H,7H2,1-2H3,(H,13,14,15,16). The molecule has 3 aromatic rings. The van der Waals surface area contributed by atoms with E-state index in [4.69, 9.17) is 0 Å². The van der Waals surface area contributed by atoms with Crippen LogP contribution in [0.2, 0.25) is 0 Å². The third-order valence-corrected chi connectivity index (χ3v) is 2.95. The monoisotopic (exact) mass is 227 g/mol. The van der Waals surface area contributed by atoms with Gasteiger partial charge in [-0.2, -0.15) is 5.21 Å². The van der Waals surface area contributed by atoms with Gasteiger partial charge in [0.05, 0.1) is 6.54 Å². The van der Waals surface area contributed by atoms with Crippen LogP contribution in [0, 0.1) is 13.8 Å². The number of H-pyrrole nitrogens is 1. The zero-order valence-electron chi connectivity index (χ0n) is 9.81. The Balaban J connectivity index is 2.12. The van der Waals surface area contributed by atoms with E-state index in [9.17, 15) is 0 Å². The minimum absolute atomic E-state index is 0.648. The lowest BCUT2D eigenvalue weighted by atomic mass is 10.2. The van der Waals surface area contributed by atoms with Gasteiger partial charge in [0.15, 0.2) is 5.82 Å². The molecule has 0 aliphatic rings. The maximum atomic E-state index is 3.99. The van der Waals surface area contributed by atoms with Crippen molar-refractivity contribution in [3.8, 4) is 0 Å². The van der Waals surface area contributed by atoms with Crippen molar-refractivity contribution in [2.75, 3.05) is 0 Å². The molecule has 5 heteroatoms. The van der Waals surface area contributed by atoms with Gasteiger partial charge in [0, 0.05) is 16.6 Å². The Bertz CT molecular complexity index is 651. The van der Waals surface area contributed by atoms with E-state index < -0.39 is 0 Å². The molecule has 0 aliphatic heterocycles. The van der Waals surface area contributed by atoms with Gasteiger partial charge < -0.3 is 4.57 Å². The first-order valence-corrected chi connectivity index (χ1v) is 5.53. The van der Waals surface area contributed by atoms with E-state index in [0.29, 0.717) is 12.4 Å². The number of hydrogen-bond donors (Lipinski definition) is 1. The Labute approximate surface area is 98.5 Å². The predicted molar refractivity (Wildman–Crippen MR) is 64.7 cm³/mol. The maximum absolute atomic E-state index is 3.99. The Kier molecular flexibility index (Phi) is 2.18. The van der Waals surface area contributed by atoms with E-state index in [2.05, 4.69) is 63.3 Å². The van der Waals surface area contributed by atoms with Crippen LogP contribution in [0.15, 0.2) is 24.3 Å². The topological polar surface area (TPSA) is 59.4 Å². The van der Waals surface area contributed by atoms with Gasteiger partial charge in [-0.05, 0) is 32.0 Å². The van der Waals surface area contributed by atoms with E-state index in [1.54, 1.807) is 0 Å². The summed E-state index contributed by atoms with van der Waals surface area (Å²) in [6.07, 6.45) is 0. The van der Waals surface area contributed by atoms with Gasteiger partial charge >= 0.3 is 0 Å². The van der Waals surface area contributed by atoms with Crippen LogP contribution >= 0.6 is 0 Å². The first-order valence-electron chi connectivity index (χ1n) is 5.53. The molecule has 0 spiro atoms. The van der Waals surface area contributed by atoms with Crippen molar-refractivity contribution in [3.05, 3.63) is 41.3 Å². The number of hydrogen-bond acceptors (Lipinski definition) is 3. The number of fused-ring (bicyclic) bond motifs is 1. The summed E-state index contributed by atoms with van der Waals surface area (Å²) in [5.74, 6) is 0.700. The Morgan fingerprint density at radius 3 is 2.88 bits per heavy atom. The number of aryl methyl sites for hydroxylation is 2. The lowest BCUT2D eigenvalue weighted by molar-refractivity contribution is 0.752. The fourth-order valence-corrected chi connectivity index (χ4v) is 2.13. The van der Waals surface area contributed by atoms with Crippen molar-refractivity contribution in [1.29, 1.82) is 0 Å². The summed E-state index contributed by atoms with van der Waals surface area (Å²) < 4.78 is 2.19. The molecular formula is C12H13N5. The van der Waals surface area contributed by atoms with Crippen LogP contribution in [-0.2, 0) is 6.54 Å². The zero-order chi connectivity index (χ0) is 11.8. The molecule has 1 N–H and O–H groups in total. The van der Waals surface area contributed by atoms with E-state index in [1.165, 1.54) is 22.2 Å². The van der Waals surface area contributed by atoms with Gasteiger partial charge in [-0.1, -0.05) is 16.8 Å². The van der Waals surface area contributed by atoms with Gasteiger partial charge in [0.2, 0.25) is 0 Å². The van der Waals surface area contributed by atoms with Crippen LogP contribution in [0.25, 0.3) is 10.9 Å². The van der Waals surface area contributed by atoms with E-state index in [1.807, 2.05) is 0 Å². The Hall–Kier alpha value is -2.17. The van der Waals surface area contributed by atoms with Crippen LogP contribution < -0.4 is 0 Å². The van der Waals surface area contributed by atoms with Gasteiger partial charge in [-0.3, -0.25) is 0 Å². The average molecular weight is 227 g/mol. The number of nitrogens with one attached hydrogen (secondary N) is 1. The van der Waals surface area contributed by atoms with Gasteiger partial charge in [0.25, 0.3) is 0 Å². The van der Waals surface area contributed by atoms with Crippen LogP contribution in [0.4, 0.5) is 0 Å². The normalized spacial score (nSPS) is 11.2. The molecule has 0 atom stereocenters. The van der Waals surface area contributed by atoms with Crippen LogP contribution in [-0.4, -0.2) is 25.2 Å². The quantitative estimate of drug-likeness (QED) is 0.726. The summed E-state index contributed by atoms with van der Waals surface area (Å²) in [6, 6.07) is 8.63. The second kappa shape index (κ2) is 3.69. The smallest absolute Gasteiger partial charge is 0.194 e. The second-order valence-electron chi connectivity index (χ2n) is 4.26. The minimum atomic E-state index is 0.648. The van der Waals surface area contributed by atoms with Crippen molar-refractivity contribution in [2.24, 2.45) is 0 Å². The molecule has 3 rings (SSSR count). The summed E-state index contributed by atoms with van der Waals surface area (Å²) in [6.45, 7) is 4.84. The van der Waals surface area contributed by atoms with Gasteiger partial charge in [-0.15, -0.1) is 10.2 Å². The number of benzene rings is 1. The molecule has 17 heavy (non-hydrogen) atoms. The number of tetrazole rings is 1. The van der Waals surface area contributed by atoms with E-state index in [-0.39, 0.29) is 0 Å². The lowest BCUT2D eigenvalue weighted by Gasteiger charge is -2.04. The third-order valence-electron chi connectivity index (χ3n) is 2.95. The highest BCUT2D eigenvalue weighted by Crippen LogP contribution is 2.21. The number of aromatic amines is 1. The van der Waals surface area contributed by atoms with Crippen LogP contribution in [0.3, 0.4) is 0 Å². The first kappa shape index (κ1) is 10.0. The molecule has 0 saturated carbocycles. The Morgan fingerprint density at radius 2 is 2.12 bits per heavy atom. The zero-order valence-corrected chi connectivity index (χ0v) is 9.81. The summed E-state index contributed by atoms with van der Waals surface area (Å²) in [4.78, 5) is 0. The van der Waals surface area contributed by atoms with Gasteiger partial charge in [0.1, 0.15) is 0 Å². The lowest BCUT2D eigenvalue weighted by Crippen LogP contribution is -2.03. The number of nitrogens with zero attached hydrogens (tertiary/aromatic N) is 4. The third kappa shape index (κ3) is 1.69. The minimum Gasteiger partial charge on any atom is -0.337 e. The fraction of sp³-hybridized carbons (Fsp3) is 0.250. The van der Waals surface area contributed by atoms with Crippen LogP contribution in [0.1, 0.15) is 17.1 Å². The maximum Gasteiger partial charge on any atom is 0.194 e. The van der Waals surface area contributed by atoms with Crippen molar-refractivity contribution in [1.82, 2.24) is 25.2 Å². The molecule has 86 valence electrons. The highest BCUT2D eigenvalue weighted by Gasteiger charge is 2.08. The van der Waals surface area contributed by atoms with Crippen molar-refractivity contribution >= 4 is 10.9 Å². The molecule has 0 amide bonds. The van der Waals surface area contributed by atoms with E-state index >= 15 is 0 Å². The molecule has 0 aliphatic carbocycles. The molecule has 0 saturated heterocycles. The largest absolute Gasteiger partial charge is 0.337 e. The predicted octanol–water partition coefficient (Wildman–Crippen LogP) is 1.82. The molecule has 5 nitrogen and oxygen atoms in total. The molecule has 0 unspecified atom stereocenters. The highest BCUT2D eigenvalue weighted by atomic mass is 15.5.